The van der Waals surface area contributed by atoms with Gasteiger partial charge >= 0.3 is 5.97 Å². The first-order chi connectivity index (χ1) is 13.9. The number of nitrogens with zero attached hydrogens (tertiary/aromatic N) is 2. The molecule has 0 amide bonds. The van der Waals surface area contributed by atoms with E-state index in [1.807, 2.05) is 0 Å². The van der Waals surface area contributed by atoms with Crippen LogP contribution in [0.5, 0.6) is 11.5 Å². The lowest BCUT2D eigenvalue weighted by molar-refractivity contribution is -0.384. The number of aliphatic imine (C=N–C) groups is 1. The summed E-state index contributed by atoms with van der Waals surface area (Å²) in [4.78, 5) is 26.6. The van der Waals surface area contributed by atoms with Crippen molar-refractivity contribution in [2.45, 2.75) is 0 Å². The van der Waals surface area contributed by atoms with E-state index < -0.39 is 10.9 Å². The molecular formula is C20H15ClN2O6. The van der Waals surface area contributed by atoms with Crippen LogP contribution in [-0.4, -0.2) is 30.5 Å². The van der Waals surface area contributed by atoms with E-state index in [0.29, 0.717) is 27.6 Å². The van der Waals surface area contributed by atoms with Crippen molar-refractivity contribution in [1.82, 2.24) is 0 Å². The first-order valence-corrected chi connectivity index (χ1v) is 8.69. The van der Waals surface area contributed by atoms with Crippen LogP contribution in [0.25, 0.3) is 6.08 Å². The Morgan fingerprint density at radius 3 is 2.66 bits per heavy atom. The van der Waals surface area contributed by atoms with Crippen LogP contribution >= 0.6 is 11.6 Å². The monoisotopic (exact) mass is 414 g/mol. The average Bonchev–Trinajstić information content (AvgIpc) is 3.07. The fourth-order valence-corrected chi connectivity index (χ4v) is 2.80. The van der Waals surface area contributed by atoms with Gasteiger partial charge in [0, 0.05) is 17.7 Å². The molecule has 3 rings (SSSR count). The van der Waals surface area contributed by atoms with Gasteiger partial charge in [0.05, 0.1) is 17.1 Å². The minimum absolute atomic E-state index is 0.0521. The predicted octanol–water partition coefficient (Wildman–Crippen LogP) is 4.17. The van der Waals surface area contributed by atoms with Gasteiger partial charge < -0.3 is 14.2 Å². The summed E-state index contributed by atoms with van der Waals surface area (Å²) in [5.41, 5.74) is 0.973. The molecule has 9 heteroatoms. The molecule has 0 unspecified atom stereocenters. The van der Waals surface area contributed by atoms with Crippen LogP contribution in [0.4, 0.5) is 5.69 Å². The second-order valence-corrected chi connectivity index (χ2v) is 6.18. The molecule has 0 aliphatic carbocycles. The molecule has 0 spiro atoms. The Balaban J connectivity index is 1.91. The molecule has 2 aromatic carbocycles. The molecule has 0 saturated carbocycles. The summed E-state index contributed by atoms with van der Waals surface area (Å²) >= 11 is 6.26. The smallest absolute Gasteiger partial charge is 0.363 e. The van der Waals surface area contributed by atoms with Crippen LogP contribution in [0, 0.1) is 10.1 Å². The number of non-ortho nitro benzene ring substituents is 1. The van der Waals surface area contributed by atoms with Crippen LogP contribution in [0.1, 0.15) is 11.1 Å². The summed E-state index contributed by atoms with van der Waals surface area (Å²) in [7, 11) is 1.47. The van der Waals surface area contributed by atoms with Gasteiger partial charge in [0.1, 0.15) is 6.61 Å². The molecule has 0 aromatic heterocycles. The number of esters is 1. The van der Waals surface area contributed by atoms with Crippen molar-refractivity contribution in [3.63, 3.8) is 0 Å². The van der Waals surface area contributed by atoms with E-state index in [1.54, 1.807) is 18.2 Å². The zero-order chi connectivity index (χ0) is 21.0. The molecule has 1 aliphatic heterocycles. The van der Waals surface area contributed by atoms with E-state index in [-0.39, 0.29) is 23.9 Å². The lowest BCUT2D eigenvalue weighted by atomic mass is 10.1. The lowest BCUT2D eigenvalue weighted by Gasteiger charge is -2.12. The van der Waals surface area contributed by atoms with Gasteiger partial charge in [-0.3, -0.25) is 10.1 Å². The van der Waals surface area contributed by atoms with Crippen molar-refractivity contribution in [3.05, 3.63) is 81.0 Å². The van der Waals surface area contributed by atoms with Gasteiger partial charge in [0.15, 0.2) is 17.2 Å². The Morgan fingerprint density at radius 1 is 1.31 bits per heavy atom. The normalized spacial score (nSPS) is 14.3. The molecule has 1 heterocycles. The number of hydrogen-bond acceptors (Lipinski definition) is 7. The quantitative estimate of drug-likeness (QED) is 0.221. The van der Waals surface area contributed by atoms with Gasteiger partial charge in [-0.15, -0.1) is 0 Å². The SMILES string of the molecule is C=CCOc1c(Cl)cc(C=C2N=C(c3ccc([N+](=O)[O-])cc3)OC2=O)cc1OC. The van der Waals surface area contributed by atoms with Crippen LogP contribution < -0.4 is 9.47 Å². The van der Waals surface area contributed by atoms with Gasteiger partial charge in [0.25, 0.3) is 5.69 Å². The van der Waals surface area contributed by atoms with E-state index in [2.05, 4.69) is 11.6 Å². The number of rotatable bonds is 7. The molecule has 0 bridgehead atoms. The zero-order valence-electron chi connectivity index (χ0n) is 15.3. The van der Waals surface area contributed by atoms with Gasteiger partial charge in [-0.25, -0.2) is 9.79 Å². The van der Waals surface area contributed by atoms with Crippen LogP contribution in [0.3, 0.4) is 0 Å². The molecule has 0 fully saturated rings. The maximum absolute atomic E-state index is 12.2. The number of benzene rings is 2. The number of methoxy groups -OCH3 is 1. The highest BCUT2D eigenvalue weighted by Crippen LogP contribution is 2.37. The molecule has 0 atom stereocenters. The summed E-state index contributed by atoms with van der Waals surface area (Å²) in [6, 6.07) is 8.77. The summed E-state index contributed by atoms with van der Waals surface area (Å²) in [6.07, 6.45) is 3.07. The Hall–Kier alpha value is -3.65. The van der Waals surface area contributed by atoms with Crippen molar-refractivity contribution >= 4 is 35.2 Å². The van der Waals surface area contributed by atoms with E-state index in [4.69, 9.17) is 25.8 Å². The summed E-state index contributed by atoms with van der Waals surface area (Å²) in [5, 5.41) is 11.0. The van der Waals surface area contributed by atoms with E-state index >= 15 is 0 Å². The second-order valence-electron chi connectivity index (χ2n) is 5.77. The summed E-state index contributed by atoms with van der Waals surface area (Å²) in [6.45, 7) is 3.84. The molecular weight excluding hydrogens is 400 g/mol. The summed E-state index contributed by atoms with van der Waals surface area (Å²) in [5.74, 6) is 0.151. The van der Waals surface area contributed by atoms with Crippen molar-refractivity contribution in [1.29, 1.82) is 0 Å². The molecule has 8 nitrogen and oxygen atoms in total. The lowest BCUT2D eigenvalue weighted by Crippen LogP contribution is -2.05. The number of carbonyl (C=O) groups is 1. The molecule has 1 aliphatic rings. The highest BCUT2D eigenvalue weighted by atomic mass is 35.5. The van der Waals surface area contributed by atoms with Gasteiger partial charge in [0.2, 0.25) is 5.90 Å². The number of hydrogen-bond donors (Lipinski definition) is 0. The first-order valence-electron chi connectivity index (χ1n) is 8.31. The van der Waals surface area contributed by atoms with E-state index in [0.717, 1.165) is 0 Å². The van der Waals surface area contributed by atoms with Gasteiger partial charge in [-0.05, 0) is 35.9 Å². The van der Waals surface area contributed by atoms with Crippen LogP contribution in [0.2, 0.25) is 5.02 Å². The third kappa shape index (κ3) is 4.44. The minimum atomic E-state index is -0.652. The van der Waals surface area contributed by atoms with Crippen molar-refractivity contribution in [2.24, 2.45) is 4.99 Å². The fourth-order valence-electron chi connectivity index (χ4n) is 2.52. The third-order valence-corrected chi connectivity index (χ3v) is 4.13. The van der Waals surface area contributed by atoms with Gasteiger partial charge in [-0.2, -0.15) is 0 Å². The Kier molecular flexibility index (Phi) is 5.94. The molecule has 0 N–H and O–H groups in total. The average molecular weight is 415 g/mol. The largest absolute Gasteiger partial charge is 0.493 e. The standard InChI is InChI=1S/C20H15ClN2O6/c1-3-8-28-18-15(21)9-12(11-17(18)27-2)10-16-20(24)29-19(22-16)13-4-6-14(7-5-13)23(25)26/h3-7,9-11H,1,8H2,2H3. The molecule has 0 radical (unpaired) electrons. The van der Waals surface area contributed by atoms with E-state index in [9.17, 15) is 14.9 Å². The first kappa shape index (κ1) is 20.1. The molecule has 2 aromatic rings. The number of carbonyl (C=O) groups excluding carboxylic acids is 1. The van der Waals surface area contributed by atoms with Crippen LogP contribution in [-0.2, 0) is 9.53 Å². The highest BCUT2D eigenvalue weighted by Gasteiger charge is 2.25. The summed E-state index contributed by atoms with van der Waals surface area (Å²) < 4.78 is 16.0. The third-order valence-electron chi connectivity index (χ3n) is 3.85. The Labute approximate surface area is 170 Å². The van der Waals surface area contributed by atoms with Crippen LogP contribution in [0.15, 0.2) is 59.7 Å². The number of nitro groups is 1. The molecule has 29 heavy (non-hydrogen) atoms. The zero-order valence-corrected chi connectivity index (χ0v) is 16.0. The minimum Gasteiger partial charge on any atom is -0.493 e. The van der Waals surface area contributed by atoms with Crippen molar-refractivity contribution in [2.75, 3.05) is 13.7 Å². The second kappa shape index (κ2) is 8.57. The molecule has 148 valence electrons. The Bertz CT molecular complexity index is 1040. The number of cyclic esters (lactones) is 1. The maximum Gasteiger partial charge on any atom is 0.363 e. The maximum atomic E-state index is 12.2. The number of nitro benzene ring substituents is 1. The predicted molar refractivity (Wildman–Crippen MR) is 107 cm³/mol. The van der Waals surface area contributed by atoms with E-state index in [1.165, 1.54) is 37.5 Å². The topological polar surface area (TPSA) is 100 Å². The molecule has 0 saturated heterocycles. The highest BCUT2D eigenvalue weighted by molar-refractivity contribution is 6.32. The van der Waals surface area contributed by atoms with Crippen molar-refractivity contribution in [3.8, 4) is 11.5 Å². The van der Waals surface area contributed by atoms with Gasteiger partial charge in [-0.1, -0.05) is 24.3 Å². The van der Waals surface area contributed by atoms with Crippen molar-refractivity contribution < 1.29 is 23.9 Å². The fraction of sp³-hybridized carbons (Fsp3) is 0.100. The number of halogens is 1. The number of ether oxygens (including phenoxy) is 3. The Morgan fingerprint density at radius 2 is 2.03 bits per heavy atom.